The van der Waals surface area contributed by atoms with E-state index in [9.17, 15) is 13.2 Å². The summed E-state index contributed by atoms with van der Waals surface area (Å²) in [5.41, 5.74) is 0.790. The van der Waals surface area contributed by atoms with Gasteiger partial charge in [0.15, 0.2) is 0 Å². The number of anilines is 1. The van der Waals surface area contributed by atoms with Gasteiger partial charge in [-0.15, -0.1) is 13.2 Å². The van der Waals surface area contributed by atoms with Crippen molar-refractivity contribution in [3.05, 3.63) is 22.7 Å². The van der Waals surface area contributed by atoms with E-state index in [2.05, 4.69) is 26.0 Å². The number of alkyl halides is 3. The predicted octanol–water partition coefficient (Wildman–Crippen LogP) is 4.17. The van der Waals surface area contributed by atoms with Crippen LogP contribution in [0.25, 0.3) is 0 Å². The molecule has 94 valence electrons. The first kappa shape index (κ1) is 12.5. The summed E-state index contributed by atoms with van der Waals surface area (Å²) in [7, 11) is 0. The van der Waals surface area contributed by atoms with Gasteiger partial charge in [-0.1, -0.05) is 0 Å². The molecular weight excluding hydrogens is 299 g/mol. The Hall–Kier alpha value is -0.910. The molecule has 2 rings (SSSR count). The van der Waals surface area contributed by atoms with Gasteiger partial charge >= 0.3 is 6.36 Å². The third-order valence-corrected chi connectivity index (χ3v) is 3.07. The molecule has 17 heavy (non-hydrogen) atoms. The van der Waals surface area contributed by atoms with Gasteiger partial charge in [0.05, 0.1) is 4.47 Å². The van der Waals surface area contributed by atoms with Gasteiger partial charge < -0.3 is 10.1 Å². The molecule has 0 bridgehead atoms. The second-order valence-electron chi connectivity index (χ2n) is 4.02. The zero-order valence-electron chi connectivity index (χ0n) is 8.85. The maximum absolute atomic E-state index is 12.0. The van der Waals surface area contributed by atoms with Crippen LogP contribution in [0.4, 0.5) is 18.9 Å². The van der Waals surface area contributed by atoms with Crippen LogP contribution in [0.15, 0.2) is 22.7 Å². The third-order valence-electron chi connectivity index (χ3n) is 2.45. The fraction of sp³-hybridized carbons (Fsp3) is 0.455. The van der Waals surface area contributed by atoms with Crippen molar-refractivity contribution in [3.63, 3.8) is 0 Å². The highest BCUT2D eigenvalue weighted by Gasteiger charge is 2.32. The summed E-state index contributed by atoms with van der Waals surface area (Å²) in [5.74, 6) is 0.481. The van der Waals surface area contributed by atoms with Crippen molar-refractivity contribution >= 4 is 21.6 Å². The molecular formula is C11H11BrF3NO. The Morgan fingerprint density at radius 3 is 2.59 bits per heavy atom. The zero-order valence-corrected chi connectivity index (χ0v) is 10.4. The number of rotatable bonds is 4. The normalized spacial score (nSPS) is 15.8. The Morgan fingerprint density at radius 1 is 1.35 bits per heavy atom. The number of nitrogens with one attached hydrogen (secondary N) is 1. The molecule has 0 aromatic heterocycles. The van der Waals surface area contributed by atoms with E-state index in [-0.39, 0.29) is 10.2 Å². The summed E-state index contributed by atoms with van der Waals surface area (Å²) in [4.78, 5) is 0. The molecule has 0 atom stereocenters. The average molecular weight is 310 g/mol. The van der Waals surface area contributed by atoms with Crippen LogP contribution in [0.1, 0.15) is 12.8 Å². The molecule has 1 saturated carbocycles. The Balaban J connectivity index is 1.99. The van der Waals surface area contributed by atoms with Crippen LogP contribution in [0.2, 0.25) is 0 Å². The largest absolute Gasteiger partial charge is 0.573 e. The van der Waals surface area contributed by atoms with Crippen LogP contribution in [0.5, 0.6) is 5.75 Å². The topological polar surface area (TPSA) is 21.3 Å². The second kappa shape index (κ2) is 4.76. The van der Waals surface area contributed by atoms with Gasteiger partial charge in [0.2, 0.25) is 0 Å². The van der Waals surface area contributed by atoms with Gasteiger partial charge in [-0.05, 0) is 52.9 Å². The lowest BCUT2D eigenvalue weighted by Gasteiger charge is -2.12. The van der Waals surface area contributed by atoms with Crippen LogP contribution in [0.3, 0.4) is 0 Å². The molecule has 1 N–H and O–H groups in total. The van der Waals surface area contributed by atoms with E-state index in [4.69, 9.17) is 0 Å². The standard InChI is InChI=1S/C11H11BrF3NO/c12-9-5-8(16-6-7-1-2-7)3-4-10(9)17-11(13,14)15/h3-5,7,16H,1-2,6H2. The fourth-order valence-electron chi connectivity index (χ4n) is 1.40. The molecule has 1 aliphatic carbocycles. The first-order valence-electron chi connectivity index (χ1n) is 5.23. The molecule has 0 radical (unpaired) electrons. The number of benzene rings is 1. The summed E-state index contributed by atoms with van der Waals surface area (Å²) < 4.78 is 40.2. The minimum atomic E-state index is -4.66. The van der Waals surface area contributed by atoms with Gasteiger partial charge in [-0.25, -0.2) is 0 Å². The lowest BCUT2D eigenvalue weighted by molar-refractivity contribution is -0.274. The van der Waals surface area contributed by atoms with Crippen molar-refractivity contribution in [2.24, 2.45) is 5.92 Å². The summed E-state index contributed by atoms with van der Waals surface area (Å²) >= 11 is 3.06. The number of halogens is 4. The highest BCUT2D eigenvalue weighted by atomic mass is 79.9. The van der Waals surface area contributed by atoms with Crippen LogP contribution in [-0.2, 0) is 0 Å². The smallest absolute Gasteiger partial charge is 0.405 e. The Morgan fingerprint density at radius 2 is 2.06 bits per heavy atom. The Kier molecular flexibility index (Phi) is 3.51. The first-order valence-corrected chi connectivity index (χ1v) is 6.02. The summed E-state index contributed by atoms with van der Waals surface area (Å²) in [6, 6.07) is 4.46. The molecule has 2 nitrogen and oxygen atoms in total. The molecule has 0 spiro atoms. The van der Waals surface area contributed by atoms with Crippen LogP contribution >= 0.6 is 15.9 Å². The van der Waals surface area contributed by atoms with Crippen molar-refractivity contribution in [2.45, 2.75) is 19.2 Å². The van der Waals surface area contributed by atoms with Crippen LogP contribution in [0, 0.1) is 5.92 Å². The summed E-state index contributed by atoms with van der Waals surface area (Å²) in [5, 5.41) is 3.17. The van der Waals surface area contributed by atoms with E-state index in [1.54, 1.807) is 12.1 Å². The monoisotopic (exact) mass is 309 g/mol. The van der Waals surface area contributed by atoms with Gasteiger partial charge in [-0.2, -0.15) is 0 Å². The number of hydrogen-bond acceptors (Lipinski definition) is 2. The second-order valence-corrected chi connectivity index (χ2v) is 4.87. The van der Waals surface area contributed by atoms with Crippen molar-refractivity contribution < 1.29 is 17.9 Å². The molecule has 0 amide bonds. The highest BCUT2D eigenvalue weighted by molar-refractivity contribution is 9.10. The summed E-state index contributed by atoms with van der Waals surface area (Å²) in [6.07, 6.45) is -2.21. The fourth-order valence-corrected chi connectivity index (χ4v) is 1.86. The van der Waals surface area contributed by atoms with E-state index in [0.29, 0.717) is 5.92 Å². The molecule has 1 aromatic carbocycles. The van der Waals surface area contributed by atoms with Gasteiger partial charge in [0.1, 0.15) is 5.75 Å². The van der Waals surface area contributed by atoms with Crippen molar-refractivity contribution in [3.8, 4) is 5.75 Å². The van der Waals surface area contributed by atoms with Gasteiger partial charge in [-0.3, -0.25) is 0 Å². The van der Waals surface area contributed by atoms with Gasteiger partial charge in [0, 0.05) is 12.2 Å². The van der Waals surface area contributed by atoms with Gasteiger partial charge in [0.25, 0.3) is 0 Å². The molecule has 6 heteroatoms. The lowest BCUT2D eigenvalue weighted by Crippen LogP contribution is -2.17. The molecule has 0 heterocycles. The lowest BCUT2D eigenvalue weighted by atomic mass is 10.3. The van der Waals surface area contributed by atoms with E-state index in [0.717, 1.165) is 12.2 Å². The maximum Gasteiger partial charge on any atom is 0.573 e. The third kappa shape index (κ3) is 4.11. The molecule has 0 saturated heterocycles. The maximum atomic E-state index is 12.0. The first-order chi connectivity index (χ1) is 7.94. The van der Waals surface area contributed by atoms with E-state index in [1.165, 1.54) is 18.9 Å². The van der Waals surface area contributed by atoms with Crippen LogP contribution < -0.4 is 10.1 Å². The van der Waals surface area contributed by atoms with Crippen molar-refractivity contribution in [2.75, 3.05) is 11.9 Å². The molecule has 1 aliphatic rings. The minimum Gasteiger partial charge on any atom is -0.405 e. The quantitative estimate of drug-likeness (QED) is 0.901. The average Bonchev–Trinajstić information content (AvgIpc) is 3.00. The number of ether oxygens (including phenoxy) is 1. The zero-order chi connectivity index (χ0) is 12.5. The van der Waals surface area contributed by atoms with E-state index < -0.39 is 6.36 Å². The predicted molar refractivity (Wildman–Crippen MR) is 62.0 cm³/mol. The molecule has 0 unspecified atom stereocenters. The molecule has 0 aliphatic heterocycles. The number of hydrogen-bond donors (Lipinski definition) is 1. The summed E-state index contributed by atoms with van der Waals surface area (Å²) in [6.45, 7) is 0.867. The highest BCUT2D eigenvalue weighted by Crippen LogP contribution is 2.33. The van der Waals surface area contributed by atoms with E-state index >= 15 is 0 Å². The Labute approximate surface area is 105 Å². The van der Waals surface area contributed by atoms with Crippen molar-refractivity contribution in [1.82, 2.24) is 0 Å². The Bertz CT molecular complexity index is 404. The van der Waals surface area contributed by atoms with Crippen LogP contribution in [-0.4, -0.2) is 12.9 Å². The van der Waals surface area contributed by atoms with Crippen molar-refractivity contribution in [1.29, 1.82) is 0 Å². The molecule has 1 fully saturated rings. The SMILES string of the molecule is FC(F)(F)Oc1ccc(NCC2CC2)cc1Br. The molecule has 1 aromatic rings. The minimum absolute atomic E-state index is 0.227. The van der Waals surface area contributed by atoms with E-state index in [1.807, 2.05) is 0 Å².